The van der Waals surface area contributed by atoms with Crippen LogP contribution in [0.3, 0.4) is 0 Å². The van der Waals surface area contributed by atoms with Gasteiger partial charge < -0.3 is 15.1 Å². The van der Waals surface area contributed by atoms with E-state index in [-0.39, 0.29) is 24.2 Å². The van der Waals surface area contributed by atoms with Crippen LogP contribution in [0, 0.1) is 5.92 Å². The molecule has 3 aromatic rings. The summed E-state index contributed by atoms with van der Waals surface area (Å²) in [6.45, 7) is 2.87. The quantitative estimate of drug-likeness (QED) is 0.598. The minimum absolute atomic E-state index is 0.0630. The van der Waals surface area contributed by atoms with Gasteiger partial charge in [0.1, 0.15) is 0 Å². The van der Waals surface area contributed by atoms with Crippen molar-refractivity contribution in [1.82, 2.24) is 4.90 Å². The number of anilines is 2. The Balaban J connectivity index is 1.21. The number of fused-ring (bicyclic) bond motifs is 1. The average molecular weight is 440 g/mol. The first-order chi connectivity index (χ1) is 16.2. The van der Waals surface area contributed by atoms with Crippen LogP contribution in [-0.2, 0) is 29.0 Å². The number of carbonyl (C=O) groups excluding carboxylic acids is 2. The third-order valence-electron chi connectivity index (χ3n) is 6.72. The van der Waals surface area contributed by atoms with Crippen LogP contribution in [0.2, 0.25) is 0 Å². The minimum Gasteiger partial charge on any atom is -0.367 e. The van der Waals surface area contributed by atoms with Crippen molar-refractivity contribution in [2.24, 2.45) is 5.92 Å². The maximum atomic E-state index is 13.1. The Morgan fingerprint density at radius 1 is 0.909 bits per heavy atom. The number of amides is 2. The molecule has 0 unspecified atom stereocenters. The van der Waals surface area contributed by atoms with Crippen LogP contribution in [0.5, 0.6) is 0 Å². The molecular formula is C28H29N3O2. The molecule has 3 aromatic carbocycles. The Morgan fingerprint density at radius 3 is 2.55 bits per heavy atom. The minimum atomic E-state index is -0.311. The second-order valence-corrected chi connectivity index (χ2v) is 8.92. The van der Waals surface area contributed by atoms with Crippen molar-refractivity contribution in [1.29, 1.82) is 0 Å². The van der Waals surface area contributed by atoms with E-state index < -0.39 is 0 Å². The van der Waals surface area contributed by atoms with Crippen LogP contribution in [0.4, 0.5) is 11.4 Å². The molecule has 2 heterocycles. The Hall–Kier alpha value is -3.60. The molecule has 33 heavy (non-hydrogen) atoms. The van der Waals surface area contributed by atoms with Gasteiger partial charge >= 0.3 is 0 Å². The van der Waals surface area contributed by atoms with Crippen LogP contribution in [0.15, 0.2) is 78.9 Å². The smallest absolute Gasteiger partial charge is 0.229 e. The maximum absolute atomic E-state index is 13.1. The maximum Gasteiger partial charge on any atom is 0.229 e. The molecule has 2 aliphatic rings. The summed E-state index contributed by atoms with van der Waals surface area (Å²) in [4.78, 5) is 29.8. The lowest BCUT2D eigenvalue weighted by Crippen LogP contribution is -2.30. The van der Waals surface area contributed by atoms with Gasteiger partial charge in [-0.1, -0.05) is 66.7 Å². The highest BCUT2D eigenvalue weighted by Gasteiger charge is 2.34. The molecule has 1 saturated heterocycles. The summed E-state index contributed by atoms with van der Waals surface area (Å²) in [7, 11) is 0. The van der Waals surface area contributed by atoms with Gasteiger partial charge in [0.25, 0.3) is 0 Å². The van der Waals surface area contributed by atoms with E-state index in [1.54, 1.807) is 0 Å². The fourth-order valence-electron chi connectivity index (χ4n) is 4.86. The second kappa shape index (κ2) is 9.49. The van der Waals surface area contributed by atoms with Crippen LogP contribution < -0.4 is 10.2 Å². The molecule has 2 amide bonds. The molecule has 0 bridgehead atoms. The summed E-state index contributed by atoms with van der Waals surface area (Å²) in [5.41, 5.74) is 5.78. The van der Waals surface area contributed by atoms with Gasteiger partial charge in [-0.3, -0.25) is 9.59 Å². The van der Waals surface area contributed by atoms with E-state index in [0.29, 0.717) is 13.1 Å². The summed E-state index contributed by atoms with van der Waals surface area (Å²) in [6, 6.07) is 26.6. The number of rotatable bonds is 7. The number of nitrogens with one attached hydrogen (secondary N) is 1. The Bertz CT molecular complexity index is 1140. The number of likely N-dealkylation sites (tertiary alicyclic amines) is 1. The van der Waals surface area contributed by atoms with Crippen LogP contribution in [-0.4, -0.2) is 36.3 Å². The molecule has 0 saturated carbocycles. The van der Waals surface area contributed by atoms with Crippen molar-refractivity contribution in [2.75, 3.05) is 29.9 Å². The highest BCUT2D eigenvalue weighted by atomic mass is 16.2. The number of nitrogens with zero attached hydrogens (tertiary/aromatic N) is 2. The highest BCUT2D eigenvalue weighted by Crippen LogP contribution is 2.30. The summed E-state index contributed by atoms with van der Waals surface area (Å²) in [5.74, 6) is -0.318. The first-order valence-corrected chi connectivity index (χ1v) is 11.7. The van der Waals surface area contributed by atoms with Gasteiger partial charge in [-0.25, -0.2) is 0 Å². The van der Waals surface area contributed by atoms with Crippen molar-refractivity contribution >= 4 is 23.2 Å². The largest absolute Gasteiger partial charge is 0.367 e. The van der Waals surface area contributed by atoms with Crippen molar-refractivity contribution < 1.29 is 9.59 Å². The molecule has 5 rings (SSSR count). The summed E-state index contributed by atoms with van der Waals surface area (Å²) >= 11 is 0. The van der Waals surface area contributed by atoms with E-state index in [4.69, 9.17) is 0 Å². The van der Waals surface area contributed by atoms with Crippen molar-refractivity contribution in [3.05, 3.63) is 95.6 Å². The molecule has 1 fully saturated rings. The van der Waals surface area contributed by atoms with Crippen molar-refractivity contribution in [3.63, 3.8) is 0 Å². The van der Waals surface area contributed by atoms with Gasteiger partial charge in [0, 0.05) is 44.0 Å². The van der Waals surface area contributed by atoms with E-state index in [0.717, 1.165) is 37.2 Å². The molecule has 5 heteroatoms. The van der Waals surface area contributed by atoms with Gasteiger partial charge in [-0.2, -0.15) is 0 Å². The number of para-hydroxylation sites is 2. The van der Waals surface area contributed by atoms with E-state index in [1.807, 2.05) is 41.3 Å². The molecule has 168 valence electrons. The summed E-state index contributed by atoms with van der Waals surface area (Å²) in [6.07, 6.45) is 2.14. The molecule has 0 aliphatic carbocycles. The van der Waals surface area contributed by atoms with E-state index in [9.17, 15) is 9.59 Å². The number of benzene rings is 3. The molecule has 0 radical (unpaired) electrons. The monoisotopic (exact) mass is 439 g/mol. The first-order valence-electron chi connectivity index (χ1n) is 11.7. The number of hydrogen-bond donors (Lipinski definition) is 1. The topological polar surface area (TPSA) is 52.7 Å². The summed E-state index contributed by atoms with van der Waals surface area (Å²) in [5, 5.41) is 3.12. The van der Waals surface area contributed by atoms with Crippen LogP contribution in [0.1, 0.15) is 23.1 Å². The zero-order chi connectivity index (χ0) is 22.6. The zero-order valence-corrected chi connectivity index (χ0v) is 18.7. The standard InChI is InChI=1S/C28H29N3O2/c32-27-18-24(20-31(27)16-14-21-8-2-1-3-9-21)28(33)29-25-12-6-4-11-23(25)19-30-17-15-22-10-5-7-13-26(22)30/h1-13,24H,14-20H2,(H,29,33)/t24-/m1/s1. The molecule has 5 nitrogen and oxygen atoms in total. The lowest BCUT2D eigenvalue weighted by molar-refractivity contribution is -0.128. The average Bonchev–Trinajstić information content (AvgIpc) is 3.43. The van der Waals surface area contributed by atoms with Gasteiger partial charge in [-0.15, -0.1) is 0 Å². The normalized spacial score (nSPS) is 17.3. The highest BCUT2D eigenvalue weighted by molar-refractivity contribution is 5.97. The zero-order valence-electron chi connectivity index (χ0n) is 18.7. The predicted molar refractivity (Wildman–Crippen MR) is 131 cm³/mol. The third-order valence-corrected chi connectivity index (χ3v) is 6.72. The van der Waals surface area contributed by atoms with Gasteiger partial charge in [0.15, 0.2) is 0 Å². The van der Waals surface area contributed by atoms with Crippen LogP contribution in [0.25, 0.3) is 0 Å². The Morgan fingerprint density at radius 2 is 1.67 bits per heavy atom. The Kier molecular flexibility index (Phi) is 6.11. The lowest BCUT2D eigenvalue weighted by atomic mass is 10.1. The van der Waals surface area contributed by atoms with Crippen molar-refractivity contribution in [2.45, 2.75) is 25.8 Å². The third kappa shape index (κ3) is 4.77. The lowest BCUT2D eigenvalue weighted by Gasteiger charge is -2.22. The molecular weight excluding hydrogens is 410 g/mol. The van der Waals surface area contributed by atoms with E-state index in [2.05, 4.69) is 52.7 Å². The molecule has 0 spiro atoms. The molecule has 1 atom stereocenters. The number of carbonyl (C=O) groups is 2. The molecule has 2 aliphatic heterocycles. The number of hydrogen-bond acceptors (Lipinski definition) is 3. The Labute approximate surface area is 195 Å². The van der Waals surface area contributed by atoms with Gasteiger partial charge in [-0.05, 0) is 41.7 Å². The van der Waals surface area contributed by atoms with Crippen molar-refractivity contribution in [3.8, 4) is 0 Å². The summed E-state index contributed by atoms with van der Waals surface area (Å²) < 4.78 is 0. The molecule has 1 N–H and O–H groups in total. The second-order valence-electron chi connectivity index (χ2n) is 8.92. The first kappa shape index (κ1) is 21.3. The van der Waals surface area contributed by atoms with Crippen LogP contribution >= 0.6 is 0 Å². The fourth-order valence-corrected chi connectivity index (χ4v) is 4.86. The fraction of sp³-hybridized carbons (Fsp3) is 0.286. The SMILES string of the molecule is O=C(Nc1ccccc1CN1CCc2ccccc21)[C@@H]1CC(=O)N(CCc2ccccc2)C1. The van der Waals surface area contributed by atoms with Gasteiger partial charge in [0.2, 0.25) is 11.8 Å². The molecule has 0 aromatic heterocycles. The van der Waals surface area contributed by atoms with E-state index >= 15 is 0 Å². The van der Waals surface area contributed by atoms with Gasteiger partial charge in [0.05, 0.1) is 5.92 Å². The van der Waals surface area contributed by atoms with E-state index in [1.165, 1.54) is 16.8 Å². The predicted octanol–water partition coefficient (Wildman–Crippen LogP) is 4.28.